The van der Waals surface area contributed by atoms with Crippen LogP contribution in [0.15, 0.2) is 53.7 Å². The molecule has 1 saturated heterocycles. The van der Waals surface area contributed by atoms with Crippen molar-refractivity contribution < 1.29 is 14.3 Å². The second kappa shape index (κ2) is 6.58. The van der Waals surface area contributed by atoms with Crippen molar-refractivity contribution in [2.75, 3.05) is 6.61 Å². The Bertz CT molecular complexity index is 600. The normalized spacial score (nSPS) is 21.2. The largest absolute Gasteiger partial charge is 0.461 e. The highest BCUT2D eigenvalue weighted by Crippen LogP contribution is 2.34. The Balaban J connectivity index is 2.35. The molecule has 0 aliphatic carbocycles. The zero-order chi connectivity index (χ0) is 15.4. The summed E-state index contributed by atoms with van der Waals surface area (Å²) in [5.74, 6) is -1.17. The van der Waals surface area contributed by atoms with E-state index in [1.807, 2.05) is 24.3 Å². The van der Waals surface area contributed by atoms with E-state index in [4.69, 9.17) is 4.74 Å². The van der Waals surface area contributed by atoms with Gasteiger partial charge in [0.25, 0.3) is 0 Å². The van der Waals surface area contributed by atoms with Gasteiger partial charge >= 0.3 is 12.0 Å². The van der Waals surface area contributed by atoms with Gasteiger partial charge in [-0.1, -0.05) is 53.4 Å². The Morgan fingerprint density at radius 1 is 1.43 bits per heavy atom. The first-order valence-corrected chi connectivity index (χ1v) is 7.12. The molecule has 0 radical (unpaired) electrons. The molecule has 0 saturated carbocycles. The molecular weight excluding hydrogens is 336 g/mol. The van der Waals surface area contributed by atoms with Crippen molar-refractivity contribution in [1.82, 2.24) is 10.6 Å². The number of esters is 1. The molecule has 6 heteroatoms. The van der Waals surface area contributed by atoms with Crippen molar-refractivity contribution in [3.8, 4) is 0 Å². The SMILES string of the molecule is C=CCOC(=O)[C@@H]1C(=C)NC(=O)N[C@H]1c1ccccc1Br. The van der Waals surface area contributed by atoms with E-state index in [-0.39, 0.29) is 6.61 Å². The first kappa shape index (κ1) is 15.3. The van der Waals surface area contributed by atoms with Crippen molar-refractivity contribution in [2.24, 2.45) is 5.92 Å². The Kier molecular flexibility index (Phi) is 4.80. The van der Waals surface area contributed by atoms with Crippen molar-refractivity contribution in [3.05, 3.63) is 59.2 Å². The fourth-order valence-electron chi connectivity index (χ4n) is 2.18. The van der Waals surface area contributed by atoms with E-state index in [1.54, 1.807) is 0 Å². The molecule has 0 aromatic heterocycles. The minimum Gasteiger partial charge on any atom is -0.461 e. The number of carbonyl (C=O) groups excluding carboxylic acids is 2. The summed E-state index contributed by atoms with van der Waals surface area (Å²) in [6.07, 6.45) is 1.49. The molecule has 1 aliphatic rings. The highest BCUT2D eigenvalue weighted by atomic mass is 79.9. The van der Waals surface area contributed by atoms with Gasteiger partial charge in [0, 0.05) is 10.2 Å². The summed E-state index contributed by atoms with van der Waals surface area (Å²) < 4.78 is 5.90. The Morgan fingerprint density at radius 3 is 2.81 bits per heavy atom. The summed E-state index contributed by atoms with van der Waals surface area (Å²) in [5.41, 5.74) is 1.10. The molecule has 1 aromatic rings. The first-order chi connectivity index (χ1) is 10.0. The lowest BCUT2D eigenvalue weighted by Crippen LogP contribution is -2.51. The quantitative estimate of drug-likeness (QED) is 0.647. The molecule has 2 amide bonds. The number of halogens is 1. The molecule has 21 heavy (non-hydrogen) atoms. The van der Waals surface area contributed by atoms with Gasteiger partial charge in [0.05, 0.1) is 6.04 Å². The van der Waals surface area contributed by atoms with Gasteiger partial charge in [-0.15, -0.1) is 0 Å². The van der Waals surface area contributed by atoms with E-state index in [0.29, 0.717) is 5.70 Å². The number of urea groups is 1. The summed E-state index contributed by atoms with van der Waals surface area (Å²) in [4.78, 5) is 23.9. The monoisotopic (exact) mass is 350 g/mol. The zero-order valence-electron chi connectivity index (χ0n) is 11.3. The molecule has 0 bridgehead atoms. The molecule has 2 atom stereocenters. The van der Waals surface area contributed by atoms with Crippen LogP contribution in [0.3, 0.4) is 0 Å². The minimum atomic E-state index is -0.707. The van der Waals surface area contributed by atoms with Gasteiger partial charge in [0.15, 0.2) is 0 Å². The molecule has 1 aromatic carbocycles. The van der Waals surface area contributed by atoms with Crippen LogP contribution in [-0.4, -0.2) is 18.6 Å². The van der Waals surface area contributed by atoms with Crippen molar-refractivity contribution in [3.63, 3.8) is 0 Å². The van der Waals surface area contributed by atoms with Crippen molar-refractivity contribution in [1.29, 1.82) is 0 Å². The maximum Gasteiger partial charge on any atom is 0.319 e. The molecule has 1 heterocycles. The second-order valence-corrected chi connectivity index (χ2v) is 5.37. The average molecular weight is 351 g/mol. The van der Waals surface area contributed by atoms with Gasteiger partial charge in [-0.3, -0.25) is 4.79 Å². The number of carbonyl (C=O) groups is 2. The van der Waals surface area contributed by atoms with Crippen molar-refractivity contribution >= 4 is 27.9 Å². The smallest absolute Gasteiger partial charge is 0.319 e. The number of hydrogen-bond donors (Lipinski definition) is 2. The number of amides is 2. The highest BCUT2D eigenvalue weighted by Gasteiger charge is 2.39. The molecule has 2 rings (SSSR count). The van der Waals surface area contributed by atoms with Crippen LogP contribution in [0.25, 0.3) is 0 Å². The van der Waals surface area contributed by atoms with E-state index in [9.17, 15) is 9.59 Å². The molecule has 110 valence electrons. The van der Waals surface area contributed by atoms with Crippen LogP contribution in [0.1, 0.15) is 11.6 Å². The van der Waals surface area contributed by atoms with E-state index < -0.39 is 24.0 Å². The van der Waals surface area contributed by atoms with Crippen LogP contribution in [-0.2, 0) is 9.53 Å². The Morgan fingerprint density at radius 2 is 2.14 bits per heavy atom. The minimum absolute atomic E-state index is 0.110. The topological polar surface area (TPSA) is 67.4 Å². The molecule has 5 nitrogen and oxygen atoms in total. The second-order valence-electron chi connectivity index (χ2n) is 4.52. The molecular formula is C15H15BrN2O3. The van der Waals surface area contributed by atoms with Gasteiger partial charge in [-0.25, -0.2) is 4.79 Å². The highest BCUT2D eigenvalue weighted by molar-refractivity contribution is 9.10. The van der Waals surface area contributed by atoms with Crippen LogP contribution in [0, 0.1) is 5.92 Å². The maximum absolute atomic E-state index is 12.2. The summed E-state index contributed by atoms with van der Waals surface area (Å²) in [5, 5.41) is 5.26. The van der Waals surface area contributed by atoms with Gasteiger partial charge in [0.2, 0.25) is 0 Å². The first-order valence-electron chi connectivity index (χ1n) is 6.33. The lowest BCUT2D eigenvalue weighted by molar-refractivity contribution is -0.147. The van der Waals surface area contributed by atoms with Gasteiger partial charge < -0.3 is 15.4 Å². The third-order valence-electron chi connectivity index (χ3n) is 3.11. The summed E-state index contributed by atoms with van der Waals surface area (Å²) in [6.45, 7) is 7.38. The van der Waals surface area contributed by atoms with Crippen LogP contribution >= 0.6 is 15.9 Å². The van der Waals surface area contributed by atoms with Crippen molar-refractivity contribution in [2.45, 2.75) is 6.04 Å². The summed E-state index contributed by atoms with van der Waals surface area (Å²) >= 11 is 3.43. The molecule has 1 fully saturated rings. The zero-order valence-corrected chi connectivity index (χ0v) is 12.9. The standard InChI is InChI=1S/C15H15BrN2O3/c1-3-8-21-14(19)12-9(2)17-15(20)18-13(12)10-6-4-5-7-11(10)16/h3-7,12-13H,1-2,8H2,(H2,17,18,20)/t12-,13+/m1/s1. The summed E-state index contributed by atoms with van der Waals surface area (Å²) in [6, 6.07) is 6.44. The van der Waals surface area contributed by atoms with Crippen LogP contribution in [0.5, 0.6) is 0 Å². The van der Waals surface area contributed by atoms with Gasteiger partial charge in [-0.2, -0.15) is 0 Å². The molecule has 0 spiro atoms. The lowest BCUT2D eigenvalue weighted by atomic mass is 9.89. The molecule has 2 N–H and O–H groups in total. The van der Waals surface area contributed by atoms with E-state index >= 15 is 0 Å². The fraction of sp³-hybridized carbons (Fsp3) is 0.200. The average Bonchev–Trinajstić information content (AvgIpc) is 2.44. The van der Waals surface area contributed by atoms with E-state index in [2.05, 4.69) is 39.7 Å². The van der Waals surface area contributed by atoms with Crippen LogP contribution in [0.2, 0.25) is 0 Å². The maximum atomic E-state index is 12.2. The molecule has 1 aliphatic heterocycles. The molecule has 0 unspecified atom stereocenters. The predicted octanol–water partition coefficient (Wildman–Crippen LogP) is 2.66. The Hall–Kier alpha value is -2.08. The lowest BCUT2D eigenvalue weighted by Gasteiger charge is -2.33. The van der Waals surface area contributed by atoms with Crippen LogP contribution in [0.4, 0.5) is 4.79 Å². The van der Waals surface area contributed by atoms with Gasteiger partial charge in [0.1, 0.15) is 12.5 Å². The number of hydrogen-bond acceptors (Lipinski definition) is 3. The number of benzene rings is 1. The third kappa shape index (κ3) is 3.33. The number of rotatable bonds is 4. The van der Waals surface area contributed by atoms with Gasteiger partial charge in [-0.05, 0) is 11.6 Å². The number of nitrogens with one attached hydrogen (secondary N) is 2. The third-order valence-corrected chi connectivity index (χ3v) is 3.83. The number of ether oxygens (including phenoxy) is 1. The predicted molar refractivity (Wildman–Crippen MR) is 82.3 cm³/mol. The van der Waals surface area contributed by atoms with E-state index in [1.165, 1.54) is 6.08 Å². The van der Waals surface area contributed by atoms with E-state index in [0.717, 1.165) is 10.0 Å². The van der Waals surface area contributed by atoms with Crippen LogP contribution < -0.4 is 10.6 Å². The Labute approximate surface area is 131 Å². The summed E-state index contributed by atoms with van der Waals surface area (Å²) in [7, 11) is 0. The fourth-order valence-corrected chi connectivity index (χ4v) is 2.71.